The van der Waals surface area contributed by atoms with Crippen LogP contribution in [-0.2, 0) is 4.79 Å². The third-order valence-corrected chi connectivity index (χ3v) is 3.88. The number of aliphatic hydroxyl groups is 1. The number of carbonyl (C=O) groups is 1. The van der Waals surface area contributed by atoms with Gasteiger partial charge in [0.2, 0.25) is 5.91 Å². The Morgan fingerprint density at radius 3 is 2.78 bits per heavy atom. The molecule has 3 heteroatoms. The van der Waals surface area contributed by atoms with Crippen LogP contribution >= 0.6 is 0 Å². The van der Waals surface area contributed by atoms with E-state index in [-0.39, 0.29) is 24.3 Å². The average Bonchev–Trinajstić information content (AvgIpc) is 2.41. The van der Waals surface area contributed by atoms with Gasteiger partial charge in [0.25, 0.3) is 0 Å². The number of para-hydroxylation sites is 1. The van der Waals surface area contributed by atoms with Gasteiger partial charge in [-0.2, -0.15) is 0 Å². The van der Waals surface area contributed by atoms with Crippen LogP contribution in [0, 0.1) is 18.8 Å². The van der Waals surface area contributed by atoms with Gasteiger partial charge in [-0.15, -0.1) is 0 Å². The molecular formula is C15H21NO2. The molecule has 0 saturated heterocycles. The Bertz CT molecular complexity index is 417. The molecule has 18 heavy (non-hydrogen) atoms. The Hall–Kier alpha value is -1.35. The van der Waals surface area contributed by atoms with Crippen molar-refractivity contribution >= 4 is 11.6 Å². The number of benzene rings is 1. The molecule has 1 amide bonds. The van der Waals surface area contributed by atoms with Crippen LogP contribution < -0.4 is 5.32 Å². The van der Waals surface area contributed by atoms with Gasteiger partial charge in [-0.05, 0) is 37.3 Å². The lowest BCUT2D eigenvalue weighted by atomic mass is 9.79. The highest BCUT2D eigenvalue weighted by Crippen LogP contribution is 2.30. The maximum atomic E-state index is 12.3. The van der Waals surface area contributed by atoms with Crippen LogP contribution in [-0.4, -0.2) is 17.6 Å². The van der Waals surface area contributed by atoms with Crippen molar-refractivity contribution < 1.29 is 9.90 Å². The van der Waals surface area contributed by atoms with Crippen molar-refractivity contribution in [2.24, 2.45) is 11.8 Å². The maximum absolute atomic E-state index is 12.3. The topological polar surface area (TPSA) is 49.3 Å². The first-order valence-corrected chi connectivity index (χ1v) is 6.69. The maximum Gasteiger partial charge on any atom is 0.227 e. The van der Waals surface area contributed by atoms with Crippen molar-refractivity contribution in [1.29, 1.82) is 0 Å². The summed E-state index contributed by atoms with van der Waals surface area (Å²) < 4.78 is 0. The average molecular weight is 247 g/mol. The number of hydrogen-bond acceptors (Lipinski definition) is 2. The van der Waals surface area contributed by atoms with Crippen LogP contribution in [0.15, 0.2) is 24.3 Å². The fraction of sp³-hybridized carbons (Fsp3) is 0.533. The van der Waals surface area contributed by atoms with Gasteiger partial charge in [-0.25, -0.2) is 0 Å². The molecule has 1 aliphatic rings. The molecule has 0 bridgehead atoms. The predicted octanol–water partition coefficient (Wildman–Crippen LogP) is 2.73. The standard InChI is InChI=1S/C15H21NO2/c1-11-6-2-5-9-14(11)16-15(18)13-8-4-3-7-12(13)10-17/h2,5-6,9,12-13,17H,3-4,7-8,10H2,1H3,(H,16,18). The normalized spacial score (nSPS) is 23.7. The third kappa shape index (κ3) is 2.91. The molecule has 0 radical (unpaired) electrons. The van der Waals surface area contributed by atoms with Crippen LogP contribution in [0.4, 0.5) is 5.69 Å². The minimum absolute atomic E-state index is 0.0386. The van der Waals surface area contributed by atoms with Crippen molar-refractivity contribution in [3.8, 4) is 0 Å². The van der Waals surface area contributed by atoms with E-state index in [4.69, 9.17) is 0 Å². The van der Waals surface area contributed by atoms with Gasteiger partial charge in [-0.1, -0.05) is 31.0 Å². The summed E-state index contributed by atoms with van der Waals surface area (Å²) in [5.41, 5.74) is 1.95. The van der Waals surface area contributed by atoms with Crippen molar-refractivity contribution in [2.75, 3.05) is 11.9 Å². The van der Waals surface area contributed by atoms with Crippen LogP contribution in [0.25, 0.3) is 0 Å². The number of rotatable bonds is 3. The van der Waals surface area contributed by atoms with E-state index in [2.05, 4.69) is 5.32 Å². The zero-order valence-electron chi connectivity index (χ0n) is 10.9. The van der Waals surface area contributed by atoms with Crippen molar-refractivity contribution in [2.45, 2.75) is 32.6 Å². The Morgan fingerprint density at radius 2 is 2.06 bits per heavy atom. The summed E-state index contributed by atoms with van der Waals surface area (Å²) in [5.74, 6) is 0.147. The highest BCUT2D eigenvalue weighted by molar-refractivity contribution is 5.93. The lowest BCUT2D eigenvalue weighted by Crippen LogP contribution is -2.33. The van der Waals surface area contributed by atoms with Gasteiger partial charge >= 0.3 is 0 Å². The number of anilines is 1. The lowest BCUT2D eigenvalue weighted by molar-refractivity contribution is -0.123. The Balaban J connectivity index is 2.05. The smallest absolute Gasteiger partial charge is 0.227 e. The van der Waals surface area contributed by atoms with Crippen LogP contribution in [0.1, 0.15) is 31.2 Å². The van der Waals surface area contributed by atoms with E-state index in [0.717, 1.165) is 36.9 Å². The van der Waals surface area contributed by atoms with Crippen LogP contribution in [0.5, 0.6) is 0 Å². The van der Waals surface area contributed by atoms with E-state index in [9.17, 15) is 9.90 Å². The fourth-order valence-corrected chi connectivity index (χ4v) is 2.71. The van der Waals surface area contributed by atoms with E-state index in [1.54, 1.807) is 0 Å². The molecule has 1 aromatic carbocycles. The molecule has 0 aliphatic heterocycles. The summed E-state index contributed by atoms with van der Waals surface area (Å²) in [5, 5.41) is 12.3. The molecular weight excluding hydrogens is 226 g/mol. The van der Waals surface area contributed by atoms with E-state index in [1.807, 2.05) is 31.2 Å². The molecule has 2 unspecified atom stereocenters. The zero-order chi connectivity index (χ0) is 13.0. The molecule has 1 fully saturated rings. The van der Waals surface area contributed by atoms with Gasteiger partial charge < -0.3 is 10.4 Å². The van der Waals surface area contributed by atoms with Crippen molar-refractivity contribution in [3.63, 3.8) is 0 Å². The van der Waals surface area contributed by atoms with Crippen LogP contribution in [0.2, 0.25) is 0 Å². The molecule has 98 valence electrons. The van der Waals surface area contributed by atoms with E-state index >= 15 is 0 Å². The van der Waals surface area contributed by atoms with Gasteiger partial charge in [0.1, 0.15) is 0 Å². The Labute approximate surface area is 108 Å². The second-order valence-corrected chi connectivity index (χ2v) is 5.14. The highest BCUT2D eigenvalue weighted by atomic mass is 16.3. The number of aliphatic hydroxyl groups excluding tert-OH is 1. The highest BCUT2D eigenvalue weighted by Gasteiger charge is 2.30. The fourth-order valence-electron chi connectivity index (χ4n) is 2.71. The number of carbonyl (C=O) groups excluding carboxylic acids is 1. The van der Waals surface area contributed by atoms with Gasteiger partial charge in [0.15, 0.2) is 0 Å². The number of nitrogens with one attached hydrogen (secondary N) is 1. The first-order chi connectivity index (χ1) is 8.72. The molecule has 2 atom stereocenters. The second kappa shape index (κ2) is 6.01. The Morgan fingerprint density at radius 1 is 1.33 bits per heavy atom. The number of aryl methyl sites for hydroxylation is 1. The molecule has 2 rings (SSSR count). The minimum atomic E-state index is -0.0386. The molecule has 0 spiro atoms. The Kier molecular flexibility index (Phi) is 4.37. The minimum Gasteiger partial charge on any atom is -0.396 e. The molecule has 2 N–H and O–H groups in total. The van der Waals surface area contributed by atoms with Gasteiger partial charge in [0, 0.05) is 18.2 Å². The lowest BCUT2D eigenvalue weighted by Gasteiger charge is -2.29. The second-order valence-electron chi connectivity index (χ2n) is 5.14. The summed E-state index contributed by atoms with van der Waals surface area (Å²) in [6.45, 7) is 2.10. The van der Waals surface area contributed by atoms with E-state index in [1.165, 1.54) is 0 Å². The number of amides is 1. The molecule has 0 aromatic heterocycles. The van der Waals surface area contributed by atoms with Gasteiger partial charge in [-0.3, -0.25) is 4.79 Å². The van der Waals surface area contributed by atoms with E-state index in [0.29, 0.717) is 0 Å². The van der Waals surface area contributed by atoms with E-state index < -0.39 is 0 Å². The summed E-state index contributed by atoms with van der Waals surface area (Å²) in [4.78, 5) is 12.3. The molecule has 1 saturated carbocycles. The summed E-state index contributed by atoms with van der Waals surface area (Å²) >= 11 is 0. The summed E-state index contributed by atoms with van der Waals surface area (Å²) in [6, 6.07) is 7.79. The number of hydrogen-bond donors (Lipinski definition) is 2. The third-order valence-electron chi connectivity index (χ3n) is 3.88. The monoisotopic (exact) mass is 247 g/mol. The quantitative estimate of drug-likeness (QED) is 0.862. The largest absolute Gasteiger partial charge is 0.396 e. The molecule has 1 aromatic rings. The predicted molar refractivity (Wildman–Crippen MR) is 72.3 cm³/mol. The molecule has 3 nitrogen and oxygen atoms in total. The van der Waals surface area contributed by atoms with Crippen molar-refractivity contribution in [3.05, 3.63) is 29.8 Å². The zero-order valence-corrected chi connectivity index (χ0v) is 10.9. The molecule has 1 aliphatic carbocycles. The first kappa shape index (κ1) is 13.1. The molecule has 0 heterocycles. The summed E-state index contributed by atoms with van der Waals surface area (Å²) in [7, 11) is 0. The summed E-state index contributed by atoms with van der Waals surface area (Å²) in [6.07, 6.45) is 4.06. The first-order valence-electron chi connectivity index (χ1n) is 6.69. The van der Waals surface area contributed by atoms with Crippen molar-refractivity contribution in [1.82, 2.24) is 0 Å². The SMILES string of the molecule is Cc1ccccc1NC(=O)C1CCCCC1CO. The van der Waals surface area contributed by atoms with Crippen LogP contribution in [0.3, 0.4) is 0 Å². The van der Waals surface area contributed by atoms with Gasteiger partial charge in [0.05, 0.1) is 0 Å².